The molecule has 1 aliphatic rings. The Balaban J connectivity index is 0.00000120. The van der Waals surface area contributed by atoms with Crippen LogP contribution in [0.25, 0.3) is 0 Å². The van der Waals surface area contributed by atoms with Crippen molar-refractivity contribution < 1.29 is 17.7 Å². The van der Waals surface area contributed by atoms with Crippen molar-refractivity contribution in [3.8, 4) is 0 Å². The summed E-state index contributed by atoms with van der Waals surface area (Å²) in [6.45, 7) is 4.68. The average molecular weight is 260 g/mol. The van der Waals surface area contributed by atoms with E-state index in [-0.39, 0.29) is 17.8 Å². The van der Waals surface area contributed by atoms with E-state index in [0.717, 1.165) is 0 Å². The number of para-hydroxylation sites is 1. The Hall–Kier alpha value is -1.31. The quantitative estimate of drug-likeness (QED) is 0.690. The van der Waals surface area contributed by atoms with Crippen LogP contribution >= 0.6 is 0 Å². The van der Waals surface area contributed by atoms with Crippen molar-refractivity contribution in [2.45, 2.75) is 25.3 Å². The van der Waals surface area contributed by atoms with E-state index in [1.165, 1.54) is 16.8 Å². The van der Waals surface area contributed by atoms with E-state index in [4.69, 9.17) is 0 Å². The first-order valence-corrected chi connectivity index (χ1v) is 6.19. The number of hydrogen-bond acceptors (Lipinski definition) is 0. The van der Waals surface area contributed by atoms with Gasteiger partial charge < -0.3 is 17.7 Å². The lowest BCUT2D eigenvalue weighted by Gasteiger charge is -2.24. The van der Waals surface area contributed by atoms with Crippen molar-refractivity contribution in [2.24, 2.45) is 0 Å². The van der Waals surface area contributed by atoms with Crippen LogP contribution in [0.15, 0.2) is 54.6 Å². The van der Waals surface area contributed by atoms with Crippen LogP contribution in [0.3, 0.4) is 0 Å². The summed E-state index contributed by atoms with van der Waals surface area (Å²) in [5, 5.41) is 2.41. The van der Waals surface area contributed by atoms with Crippen molar-refractivity contribution in [3.63, 3.8) is 0 Å². The second-order valence-corrected chi connectivity index (χ2v) is 5.36. The third-order valence-electron chi connectivity index (χ3n) is 3.94. The molecule has 1 aliphatic heterocycles. The lowest BCUT2D eigenvalue weighted by Crippen LogP contribution is -3.00. The van der Waals surface area contributed by atoms with Crippen LogP contribution in [0.5, 0.6) is 0 Å². The minimum atomic E-state index is 0. The Morgan fingerprint density at radius 3 is 2.17 bits per heavy atom. The predicted octanol–water partition coefficient (Wildman–Crippen LogP) is -0.0820. The molecule has 0 fully saturated rings. The predicted molar refractivity (Wildman–Crippen MR) is 70.2 cm³/mol. The van der Waals surface area contributed by atoms with Gasteiger partial charge in [0.15, 0.2) is 0 Å². The highest BCUT2D eigenvalue weighted by atomic mass is 35.5. The lowest BCUT2D eigenvalue weighted by atomic mass is 9.78. The molecular weight excluding hydrogens is 242 g/mol. The normalized spacial score (nSPS) is 20.0. The molecule has 0 unspecified atom stereocenters. The third kappa shape index (κ3) is 1.94. The van der Waals surface area contributed by atoms with Crippen LogP contribution in [-0.4, -0.2) is 0 Å². The van der Waals surface area contributed by atoms with Crippen molar-refractivity contribution in [1.82, 2.24) is 0 Å². The summed E-state index contributed by atoms with van der Waals surface area (Å²) in [6, 6.07) is 20.0. The summed E-state index contributed by atoms with van der Waals surface area (Å²) in [5.41, 5.74) is 4.46. The van der Waals surface area contributed by atoms with E-state index in [9.17, 15) is 0 Å². The van der Waals surface area contributed by atoms with E-state index in [0.29, 0.717) is 6.04 Å². The van der Waals surface area contributed by atoms with Gasteiger partial charge in [-0.3, -0.25) is 0 Å². The molecule has 18 heavy (non-hydrogen) atoms. The molecule has 0 saturated carbocycles. The van der Waals surface area contributed by atoms with E-state index in [1.807, 2.05) is 0 Å². The highest BCUT2D eigenvalue weighted by Gasteiger charge is 2.44. The van der Waals surface area contributed by atoms with Gasteiger partial charge in [0.25, 0.3) is 0 Å². The zero-order valence-electron chi connectivity index (χ0n) is 10.7. The SMILES string of the molecule is CC1(C)c2ccccc2[NH2+][C@H]1c1ccccc1.[Cl-]. The highest BCUT2D eigenvalue weighted by Crippen LogP contribution is 2.41. The Morgan fingerprint density at radius 2 is 1.50 bits per heavy atom. The molecule has 0 radical (unpaired) electrons. The minimum absolute atomic E-state index is 0. The maximum absolute atomic E-state index is 2.41. The van der Waals surface area contributed by atoms with Crippen LogP contribution in [0.4, 0.5) is 5.69 Å². The number of halogens is 1. The number of quaternary nitrogens is 1. The molecule has 3 rings (SSSR count). The maximum Gasteiger partial charge on any atom is 0.134 e. The van der Waals surface area contributed by atoms with Gasteiger partial charge in [-0.15, -0.1) is 0 Å². The van der Waals surface area contributed by atoms with Crippen LogP contribution in [-0.2, 0) is 5.41 Å². The Morgan fingerprint density at radius 1 is 0.889 bits per heavy atom. The summed E-state index contributed by atoms with van der Waals surface area (Å²) in [5.74, 6) is 0. The third-order valence-corrected chi connectivity index (χ3v) is 3.94. The van der Waals surface area contributed by atoms with E-state index in [1.54, 1.807) is 0 Å². The molecule has 1 heterocycles. The lowest BCUT2D eigenvalue weighted by molar-refractivity contribution is -0.615. The van der Waals surface area contributed by atoms with Gasteiger partial charge in [-0.25, -0.2) is 0 Å². The molecule has 1 atom stereocenters. The molecule has 2 aromatic rings. The zero-order valence-corrected chi connectivity index (χ0v) is 11.5. The van der Waals surface area contributed by atoms with Gasteiger partial charge in [-0.05, 0) is 19.9 Å². The first-order valence-electron chi connectivity index (χ1n) is 6.19. The van der Waals surface area contributed by atoms with Crippen LogP contribution < -0.4 is 17.7 Å². The summed E-state index contributed by atoms with van der Waals surface area (Å²) in [6.07, 6.45) is 0. The fraction of sp³-hybridized carbons (Fsp3) is 0.250. The zero-order chi connectivity index (χ0) is 11.9. The molecule has 94 valence electrons. The van der Waals surface area contributed by atoms with Gasteiger partial charge >= 0.3 is 0 Å². The molecule has 2 heteroatoms. The first kappa shape index (κ1) is 13.1. The summed E-state index contributed by atoms with van der Waals surface area (Å²) < 4.78 is 0. The summed E-state index contributed by atoms with van der Waals surface area (Å²) >= 11 is 0. The van der Waals surface area contributed by atoms with Gasteiger partial charge in [-0.2, -0.15) is 0 Å². The topological polar surface area (TPSA) is 16.6 Å². The smallest absolute Gasteiger partial charge is 0.134 e. The largest absolute Gasteiger partial charge is 1.00 e. The number of fused-ring (bicyclic) bond motifs is 1. The fourth-order valence-electron chi connectivity index (χ4n) is 2.96. The molecule has 2 aromatic carbocycles. The molecule has 1 nitrogen and oxygen atoms in total. The van der Waals surface area contributed by atoms with Crippen molar-refractivity contribution in [1.29, 1.82) is 0 Å². The maximum atomic E-state index is 2.41. The molecule has 0 bridgehead atoms. The van der Waals surface area contributed by atoms with Crippen LogP contribution in [0, 0.1) is 0 Å². The Kier molecular flexibility index (Phi) is 3.47. The summed E-state index contributed by atoms with van der Waals surface area (Å²) in [4.78, 5) is 0. The molecule has 0 spiro atoms. The van der Waals surface area contributed by atoms with Gasteiger partial charge in [-0.1, -0.05) is 48.5 Å². The van der Waals surface area contributed by atoms with Crippen molar-refractivity contribution >= 4 is 5.69 Å². The van der Waals surface area contributed by atoms with Gasteiger partial charge in [0.1, 0.15) is 11.7 Å². The monoisotopic (exact) mass is 259 g/mol. The highest BCUT2D eigenvalue weighted by molar-refractivity contribution is 5.49. The first-order chi connectivity index (χ1) is 8.19. The Labute approximate surface area is 115 Å². The van der Waals surface area contributed by atoms with Gasteiger partial charge in [0.05, 0.1) is 5.41 Å². The minimum Gasteiger partial charge on any atom is -1.00 e. The Bertz CT molecular complexity index is 534. The van der Waals surface area contributed by atoms with Crippen molar-refractivity contribution in [3.05, 3.63) is 65.7 Å². The molecule has 0 aliphatic carbocycles. The molecule has 0 saturated heterocycles. The standard InChI is InChI=1S/C16H17N.ClH/c1-16(2)13-10-6-7-11-14(13)17-15(16)12-8-4-3-5-9-12;/h3-11,15,17H,1-2H3;1H/t15-;/m0./s1. The molecule has 0 amide bonds. The van der Waals surface area contributed by atoms with Crippen molar-refractivity contribution in [2.75, 3.05) is 0 Å². The summed E-state index contributed by atoms with van der Waals surface area (Å²) in [7, 11) is 0. The van der Waals surface area contributed by atoms with Gasteiger partial charge in [0, 0.05) is 11.1 Å². The van der Waals surface area contributed by atoms with E-state index < -0.39 is 0 Å². The second-order valence-electron chi connectivity index (χ2n) is 5.36. The number of benzene rings is 2. The fourth-order valence-corrected chi connectivity index (χ4v) is 2.96. The second kappa shape index (κ2) is 4.75. The van der Waals surface area contributed by atoms with Crippen LogP contribution in [0.1, 0.15) is 31.0 Å². The number of hydrogen-bond donors (Lipinski definition) is 1. The van der Waals surface area contributed by atoms with Gasteiger partial charge in [0.2, 0.25) is 0 Å². The molecule has 0 aromatic heterocycles. The van der Waals surface area contributed by atoms with E-state index >= 15 is 0 Å². The molecule has 2 N–H and O–H groups in total. The number of nitrogens with two attached hydrogens (primary N) is 1. The molecular formula is C16H18ClN. The van der Waals surface area contributed by atoms with E-state index in [2.05, 4.69) is 73.8 Å². The average Bonchev–Trinajstić information content (AvgIpc) is 2.63. The van der Waals surface area contributed by atoms with Crippen LogP contribution in [0.2, 0.25) is 0 Å². The number of rotatable bonds is 1.